The van der Waals surface area contributed by atoms with E-state index >= 15 is 0 Å². The Balaban J connectivity index is 1.37. The molecule has 1 amide bonds. The first-order valence-electron chi connectivity index (χ1n) is 8.77. The molecule has 1 aliphatic heterocycles. The number of aromatic nitrogens is 3. The molecule has 2 atom stereocenters. The average molecular weight is 346 g/mol. The Bertz CT molecular complexity index is 804. The lowest BCUT2D eigenvalue weighted by atomic mass is 10.1. The first-order valence-corrected chi connectivity index (χ1v) is 8.77. The number of hydrogen-bond acceptors (Lipinski definition) is 3. The molecular weight excluding hydrogens is 326 g/mol. The molecule has 0 radical (unpaired) electrons. The van der Waals surface area contributed by atoms with Gasteiger partial charge in [0.2, 0.25) is 5.91 Å². The van der Waals surface area contributed by atoms with E-state index < -0.39 is 11.6 Å². The van der Waals surface area contributed by atoms with Crippen LogP contribution in [0.15, 0.2) is 18.2 Å². The molecule has 132 valence electrons. The molecule has 0 bridgehead atoms. The Morgan fingerprint density at radius 3 is 2.96 bits per heavy atom. The Morgan fingerprint density at radius 2 is 2.12 bits per heavy atom. The van der Waals surface area contributed by atoms with E-state index in [1.807, 2.05) is 0 Å². The number of nitrogens with one attached hydrogen (secondary N) is 1. The van der Waals surface area contributed by atoms with E-state index in [0.717, 1.165) is 43.5 Å². The van der Waals surface area contributed by atoms with Gasteiger partial charge in [-0.05, 0) is 36.8 Å². The van der Waals surface area contributed by atoms with E-state index in [0.29, 0.717) is 18.5 Å². The quantitative estimate of drug-likeness (QED) is 0.926. The highest BCUT2D eigenvalue weighted by atomic mass is 19.1. The smallest absolute Gasteiger partial charge is 0.224 e. The Morgan fingerprint density at radius 1 is 1.24 bits per heavy atom. The molecule has 0 spiro atoms. The number of fused-ring (bicyclic) bond motifs is 1. The second kappa shape index (κ2) is 6.54. The molecule has 1 fully saturated rings. The second-order valence-electron chi connectivity index (χ2n) is 6.83. The van der Waals surface area contributed by atoms with Gasteiger partial charge < -0.3 is 9.88 Å². The third-order valence-corrected chi connectivity index (χ3v) is 5.10. The minimum absolute atomic E-state index is 0.111. The molecular formula is C18H20F2N4O. The fourth-order valence-corrected chi connectivity index (χ4v) is 3.60. The van der Waals surface area contributed by atoms with Crippen LogP contribution in [0.25, 0.3) is 0 Å². The van der Waals surface area contributed by atoms with Crippen molar-refractivity contribution >= 4 is 5.91 Å². The lowest BCUT2D eigenvalue weighted by Gasteiger charge is -2.08. The SMILES string of the molecule is O=C(NCc1nnc2n1CCCCC2)[C@@H]1C[C@H]1c1ccc(F)cc1F. The van der Waals surface area contributed by atoms with E-state index in [-0.39, 0.29) is 17.7 Å². The average Bonchev–Trinajstić information content (AvgIpc) is 3.33. The third-order valence-electron chi connectivity index (χ3n) is 5.10. The highest BCUT2D eigenvalue weighted by molar-refractivity contribution is 5.82. The summed E-state index contributed by atoms with van der Waals surface area (Å²) in [4.78, 5) is 12.3. The lowest BCUT2D eigenvalue weighted by Crippen LogP contribution is -2.26. The monoisotopic (exact) mass is 346 g/mol. The summed E-state index contributed by atoms with van der Waals surface area (Å²) in [6.07, 6.45) is 4.92. The van der Waals surface area contributed by atoms with Gasteiger partial charge in [0, 0.05) is 24.9 Å². The van der Waals surface area contributed by atoms with Gasteiger partial charge in [0.1, 0.15) is 17.5 Å². The predicted octanol–water partition coefficient (Wildman–Crippen LogP) is 2.70. The molecule has 25 heavy (non-hydrogen) atoms. The van der Waals surface area contributed by atoms with Crippen LogP contribution in [-0.4, -0.2) is 20.7 Å². The summed E-state index contributed by atoms with van der Waals surface area (Å²) >= 11 is 0. The van der Waals surface area contributed by atoms with Gasteiger partial charge in [-0.15, -0.1) is 10.2 Å². The summed E-state index contributed by atoms with van der Waals surface area (Å²) in [5.74, 6) is 0.0376. The summed E-state index contributed by atoms with van der Waals surface area (Å²) in [5.41, 5.74) is 0.415. The first-order chi connectivity index (χ1) is 12.1. The van der Waals surface area contributed by atoms with Crippen molar-refractivity contribution < 1.29 is 13.6 Å². The molecule has 1 N–H and O–H groups in total. The largest absolute Gasteiger partial charge is 0.349 e. The Hall–Kier alpha value is -2.31. The van der Waals surface area contributed by atoms with Gasteiger partial charge in [-0.1, -0.05) is 12.5 Å². The normalized spacial score (nSPS) is 22.2. The maximum Gasteiger partial charge on any atom is 0.224 e. The van der Waals surface area contributed by atoms with E-state index in [1.54, 1.807) is 0 Å². The van der Waals surface area contributed by atoms with E-state index in [1.165, 1.54) is 18.6 Å². The van der Waals surface area contributed by atoms with Gasteiger partial charge in [-0.2, -0.15) is 0 Å². The van der Waals surface area contributed by atoms with Crippen LogP contribution in [0.4, 0.5) is 8.78 Å². The van der Waals surface area contributed by atoms with Gasteiger partial charge in [-0.3, -0.25) is 4.79 Å². The maximum atomic E-state index is 13.8. The minimum Gasteiger partial charge on any atom is -0.349 e. The van der Waals surface area contributed by atoms with Crippen LogP contribution in [0.1, 0.15) is 48.8 Å². The summed E-state index contributed by atoms with van der Waals surface area (Å²) in [7, 11) is 0. The third kappa shape index (κ3) is 3.27. The zero-order valence-electron chi connectivity index (χ0n) is 13.8. The fourth-order valence-electron chi connectivity index (χ4n) is 3.60. The topological polar surface area (TPSA) is 59.8 Å². The molecule has 2 aromatic rings. The van der Waals surface area contributed by atoms with Crippen molar-refractivity contribution in [2.75, 3.05) is 0 Å². The summed E-state index contributed by atoms with van der Waals surface area (Å²) in [6, 6.07) is 3.53. The predicted molar refractivity (Wildman–Crippen MR) is 86.6 cm³/mol. The van der Waals surface area contributed by atoms with Crippen molar-refractivity contribution in [3.05, 3.63) is 47.0 Å². The van der Waals surface area contributed by atoms with Crippen LogP contribution >= 0.6 is 0 Å². The summed E-state index contributed by atoms with van der Waals surface area (Å²) in [6.45, 7) is 1.22. The summed E-state index contributed by atoms with van der Waals surface area (Å²) in [5, 5.41) is 11.3. The highest BCUT2D eigenvalue weighted by Gasteiger charge is 2.45. The number of amides is 1. The van der Waals surface area contributed by atoms with Crippen molar-refractivity contribution in [2.45, 2.75) is 51.1 Å². The van der Waals surface area contributed by atoms with Crippen molar-refractivity contribution in [3.8, 4) is 0 Å². The molecule has 2 aliphatic rings. The zero-order chi connectivity index (χ0) is 17.4. The molecule has 1 saturated carbocycles. The lowest BCUT2D eigenvalue weighted by molar-refractivity contribution is -0.122. The number of hydrogen-bond donors (Lipinski definition) is 1. The Kier molecular flexibility index (Phi) is 4.23. The molecule has 2 heterocycles. The molecule has 5 nitrogen and oxygen atoms in total. The molecule has 7 heteroatoms. The maximum absolute atomic E-state index is 13.8. The molecule has 1 aromatic heterocycles. The Labute approximate surface area is 144 Å². The highest BCUT2D eigenvalue weighted by Crippen LogP contribution is 2.48. The number of halogens is 2. The number of aryl methyl sites for hydroxylation is 1. The zero-order valence-corrected chi connectivity index (χ0v) is 13.8. The van der Waals surface area contributed by atoms with Crippen molar-refractivity contribution in [2.24, 2.45) is 5.92 Å². The second-order valence-corrected chi connectivity index (χ2v) is 6.83. The van der Waals surface area contributed by atoms with Crippen LogP contribution < -0.4 is 5.32 Å². The van der Waals surface area contributed by atoms with Crippen LogP contribution in [-0.2, 0) is 24.3 Å². The van der Waals surface area contributed by atoms with Crippen molar-refractivity contribution in [1.29, 1.82) is 0 Å². The van der Waals surface area contributed by atoms with Crippen LogP contribution in [0.2, 0.25) is 0 Å². The van der Waals surface area contributed by atoms with Crippen LogP contribution in [0, 0.1) is 17.6 Å². The van der Waals surface area contributed by atoms with E-state index in [9.17, 15) is 13.6 Å². The number of rotatable bonds is 4. The van der Waals surface area contributed by atoms with Gasteiger partial charge in [0.05, 0.1) is 6.54 Å². The first kappa shape index (κ1) is 16.2. The van der Waals surface area contributed by atoms with E-state index in [2.05, 4.69) is 20.1 Å². The molecule has 0 saturated heterocycles. The number of benzene rings is 1. The van der Waals surface area contributed by atoms with Gasteiger partial charge >= 0.3 is 0 Å². The van der Waals surface area contributed by atoms with Gasteiger partial charge in [0.15, 0.2) is 5.82 Å². The molecule has 1 aliphatic carbocycles. The molecule has 1 aromatic carbocycles. The molecule has 4 rings (SSSR count). The fraction of sp³-hybridized carbons (Fsp3) is 0.500. The standard InChI is InChI=1S/C18H20F2N4O/c19-11-5-6-12(15(20)8-11)13-9-14(13)18(25)21-10-17-23-22-16-4-2-1-3-7-24(16)17/h5-6,8,13-14H,1-4,7,9-10H2,(H,21,25)/t13-,14+/m0/s1. The van der Waals surface area contributed by atoms with Crippen LogP contribution in [0.5, 0.6) is 0 Å². The molecule has 0 unspecified atom stereocenters. The van der Waals surface area contributed by atoms with E-state index in [4.69, 9.17) is 0 Å². The minimum atomic E-state index is -0.601. The van der Waals surface area contributed by atoms with Crippen molar-refractivity contribution in [3.63, 3.8) is 0 Å². The number of carbonyl (C=O) groups excluding carboxylic acids is 1. The van der Waals surface area contributed by atoms with Gasteiger partial charge in [-0.25, -0.2) is 8.78 Å². The van der Waals surface area contributed by atoms with Gasteiger partial charge in [0.25, 0.3) is 0 Å². The number of nitrogens with zero attached hydrogens (tertiary/aromatic N) is 3. The summed E-state index contributed by atoms with van der Waals surface area (Å²) < 4.78 is 28.9. The number of carbonyl (C=O) groups is 1. The van der Waals surface area contributed by atoms with Crippen molar-refractivity contribution in [1.82, 2.24) is 20.1 Å². The van der Waals surface area contributed by atoms with Crippen LogP contribution in [0.3, 0.4) is 0 Å².